The van der Waals surface area contributed by atoms with E-state index in [4.69, 9.17) is 14.6 Å². The highest BCUT2D eigenvalue weighted by Gasteiger charge is 2.22. The summed E-state index contributed by atoms with van der Waals surface area (Å²) in [5.41, 5.74) is 0. The summed E-state index contributed by atoms with van der Waals surface area (Å²) in [5, 5.41) is 18.5. The summed E-state index contributed by atoms with van der Waals surface area (Å²) in [6, 6.07) is -1.99. The van der Waals surface area contributed by atoms with E-state index >= 15 is 0 Å². The fourth-order valence-corrected chi connectivity index (χ4v) is 9.73. The first-order valence-electron chi connectivity index (χ1n) is 18.2. The van der Waals surface area contributed by atoms with Gasteiger partial charge in [-0.2, -0.15) is 25.3 Å². The normalized spacial score (nSPS) is 12.3. The molecule has 0 aliphatic rings. The van der Waals surface area contributed by atoms with Crippen LogP contribution in [-0.4, -0.2) is 195 Å². The monoisotopic (exact) mass is 1090 g/mol. The van der Waals surface area contributed by atoms with Crippen molar-refractivity contribution in [1.82, 2.24) is 21.3 Å². The molecule has 0 bridgehead atoms. The molecule has 0 aliphatic carbocycles. The fourth-order valence-electron chi connectivity index (χ4n) is 3.40. The number of likely N-dealkylation sites (N-methyl/N-ethyl adjacent to an activating group) is 4. The molecule has 0 amide bonds. The number of nitrogens with one attached hydrogen (secondary N) is 4. The molecule has 0 aliphatic heterocycles. The molecule has 6 atom stereocenters. The summed E-state index contributed by atoms with van der Waals surface area (Å²) in [6.07, 6.45) is 1.51. The average molecular weight is 1090 g/mol. The first kappa shape index (κ1) is 84.1. The minimum Gasteiger partial charge on any atom is -0.748 e. The third-order valence-electron chi connectivity index (χ3n) is 7.25. The molecule has 0 aromatic carbocycles. The van der Waals surface area contributed by atoms with E-state index in [0.29, 0.717) is 28.8 Å². The molecule has 0 rings (SSSR count). The highest BCUT2D eigenvalue weighted by atomic mass is 33.1. The largest absolute Gasteiger partial charge is 1.00 e. The molecule has 5 N–H and O–H groups in total. The van der Waals surface area contributed by atoms with Gasteiger partial charge in [-0.3, -0.25) is 33.6 Å². The zero-order chi connectivity index (χ0) is 49.3. The topological polar surface area (TPSA) is 300 Å². The van der Waals surface area contributed by atoms with Gasteiger partial charge in [0.15, 0.2) is 0 Å². The van der Waals surface area contributed by atoms with Crippen LogP contribution >= 0.6 is 68.4 Å². The second-order valence-corrected chi connectivity index (χ2v) is 18.5. The summed E-state index contributed by atoms with van der Waals surface area (Å²) < 4.78 is 58.1. The highest BCUT2D eigenvalue weighted by Crippen LogP contribution is 2.27. The van der Waals surface area contributed by atoms with Gasteiger partial charge in [0.05, 0.1) is 76.1 Å². The van der Waals surface area contributed by atoms with Crippen LogP contribution in [0, 0.1) is 11.8 Å². The van der Waals surface area contributed by atoms with E-state index in [2.05, 4.69) is 65.5 Å². The first-order valence-corrected chi connectivity index (χ1v) is 26.0. The maximum Gasteiger partial charge on any atom is 1.00 e. The molecular weight excluding hydrogens is 1010 g/mol. The SMILES string of the molecule is C.C.C.C.CCC(CSSCC(NC)C(=O)OC)C(=O)OC.CCC(CSSCC(NC)C(=O)OC)C(=O)OC.CNC(CS(=O)(=O)[O-])C(=O)OC.CNC(CS)C(=O)OC.O=C(O)CS.[H+]. The Morgan fingerprint density at radius 3 is 0.955 bits per heavy atom. The first-order chi connectivity index (χ1) is 29.1. The van der Waals surface area contributed by atoms with Gasteiger partial charge < -0.3 is 59.3 Å². The molecule has 0 aromatic heterocycles. The van der Waals surface area contributed by atoms with E-state index in [9.17, 15) is 46.5 Å². The molecule has 21 nitrogen and oxygen atoms in total. The summed E-state index contributed by atoms with van der Waals surface area (Å²) >= 11 is 7.34. The molecule has 0 saturated heterocycles. The summed E-state index contributed by atoms with van der Waals surface area (Å²) in [4.78, 5) is 76.0. The van der Waals surface area contributed by atoms with Crippen molar-refractivity contribution in [3.05, 3.63) is 0 Å². The van der Waals surface area contributed by atoms with Gasteiger partial charge in [-0.05, 0) is 41.0 Å². The Kier molecular flexibility index (Phi) is 71.0. The molecule has 0 radical (unpaired) electrons. The van der Waals surface area contributed by atoms with E-state index in [1.165, 1.54) is 42.6 Å². The number of carbonyl (C=O) groups excluding carboxylic acids is 6. The number of hydrogen-bond acceptors (Lipinski definition) is 26. The van der Waals surface area contributed by atoms with Crippen molar-refractivity contribution < 1.29 is 81.5 Å². The third kappa shape index (κ3) is 48.6. The van der Waals surface area contributed by atoms with Crippen LogP contribution in [0.2, 0.25) is 0 Å². The van der Waals surface area contributed by atoms with Crippen molar-refractivity contribution in [2.75, 3.05) is 111 Å². The van der Waals surface area contributed by atoms with Gasteiger partial charge in [-0.15, -0.1) is 0 Å². The molecule has 0 aromatic rings. The van der Waals surface area contributed by atoms with Crippen LogP contribution in [-0.2, 0) is 72.1 Å². The van der Waals surface area contributed by atoms with E-state index in [1.54, 1.807) is 64.3 Å². The zero-order valence-corrected chi connectivity index (χ0v) is 43.1. The van der Waals surface area contributed by atoms with Crippen LogP contribution in [0.3, 0.4) is 0 Å². The number of thiol groups is 2. The minimum absolute atomic E-state index is 0. The molecule has 0 heterocycles. The Hall–Kier alpha value is -1.86. The van der Waals surface area contributed by atoms with Crippen LogP contribution in [0.4, 0.5) is 0 Å². The van der Waals surface area contributed by atoms with Gasteiger partial charge in [0.2, 0.25) is 0 Å². The fraction of sp³-hybridized carbons (Fsp3) is 0.816. The van der Waals surface area contributed by atoms with E-state index < -0.39 is 33.9 Å². The standard InChI is InChI=1S/2C11H21NO4S2.C5H11NO5S.C5H11NO2S.C2H4O2S.4CH4/c2*1-5-8(10(13)15-3)6-17-18-7-9(12-2)11(14)16-4;1-6-4(5(7)11-2)3-12(8,9)10;1-6-4(3-9)5(7)8-2;3-2(4)1-5;;;;/h2*8-9,12H,5-7H2,1-4H3;4,6H,3H2,1-2H3,(H,8,9,10);4,6,9H,3H2,1-2H3;5H,1H2,(H,3,4);4*1H4. The summed E-state index contributed by atoms with van der Waals surface area (Å²) in [6.45, 7) is 3.91. The van der Waals surface area contributed by atoms with Gasteiger partial charge in [0.1, 0.15) is 24.2 Å². The van der Waals surface area contributed by atoms with Crippen LogP contribution in [0.5, 0.6) is 0 Å². The van der Waals surface area contributed by atoms with E-state index in [1.807, 2.05) is 13.8 Å². The van der Waals surface area contributed by atoms with Gasteiger partial charge in [0.25, 0.3) is 0 Å². The second-order valence-electron chi connectivity index (χ2n) is 11.3. The number of carboxylic acid groups (broad SMARTS) is 1. The molecule has 0 spiro atoms. The smallest absolute Gasteiger partial charge is 0.748 e. The quantitative estimate of drug-likeness (QED) is 0.0163. The van der Waals surface area contributed by atoms with Crippen LogP contribution in [0.1, 0.15) is 57.8 Å². The lowest BCUT2D eigenvalue weighted by molar-refractivity contribution is -0.145. The highest BCUT2D eigenvalue weighted by molar-refractivity contribution is 8.77. The molecule has 0 saturated carbocycles. The van der Waals surface area contributed by atoms with Crippen LogP contribution in [0.15, 0.2) is 0 Å². The Bertz CT molecular complexity index is 1240. The van der Waals surface area contributed by atoms with Crippen LogP contribution < -0.4 is 21.3 Å². The number of aliphatic carboxylic acids is 1. The van der Waals surface area contributed by atoms with Gasteiger partial charge in [-0.1, -0.05) is 86.7 Å². The Morgan fingerprint density at radius 1 is 0.530 bits per heavy atom. The average Bonchev–Trinajstić information content (AvgIpc) is 3.27. The number of carbonyl (C=O) groups is 7. The predicted molar refractivity (Wildman–Crippen MR) is 279 cm³/mol. The van der Waals surface area contributed by atoms with E-state index in [-0.39, 0.29) is 96.7 Å². The summed E-state index contributed by atoms with van der Waals surface area (Å²) in [7, 11) is 16.3. The minimum atomic E-state index is -4.40. The van der Waals surface area contributed by atoms with Crippen molar-refractivity contribution in [2.45, 2.75) is 80.6 Å². The Balaban J connectivity index is -0.0000000781. The number of rotatable bonds is 26. The predicted octanol–water partition coefficient (Wildman–Crippen LogP) is 3.28. The third-order valence-corrected chi connectivity index (χ3v) is 13.6. The maximum atomic E-state index is 11.4. The number of hydrogen-bond donors (Lipinski definition) is 7. The maximum absolute atomic E-state index is 11.4. The molecular formula is C38H84N4O17S7. The second kappa shape index (κ2) is 55.7. The van der Waals surface area contributed by atoms with Crippen molar-refractivity contribution in [3.8, 4) is 0 Å². The van der Waals surface area contributed by atoms with Gasteiger partial charge in [-0.25, -0.2) is 8.42 Å². The van der Waals surface area contributed by atoms with E-state index in [0.717, 1.165) is 20.0 Å². The zero-order valence-electron chi connectivity index (χ0n) is 38.2. The van der Waals surface area contributed by atoms with Crippen molar-refractivity contribution in [2.24, 2.45) is 11.8 Å². The number of ether oxygens (including phenoxy) is 6. The molecule has 28 heteroatoms. The van der Waals surface area contributed by atoms with Gasteiger partial charge in [0, 0.05) is 28.8 Å². The lowest BCUT2D eigenvalue weighted by Crippen LogP contribution is -2.40. The number of methoxy groups -OCH3 is 6. The van der Waals surface area contributed by atoms with Gasteiger partial charge >= 0.3 is 43.2 Å². The summed E-state index contributed by atoms with van der Waals surface area (Å²) in [5.74, 6) is -0.827. The molecule has 66 heavy (non-hydrogen) atoms. The molecule has 400 valence electrons. The molecule has 6 unspecified atom stereocenters. The molecule has 0 fully saturated rings. The van der Waals surface area contributed by atoms with Crippen molar-refractivity contribution in [1.29, 1.82) is 0 Å². The Morgan fingerprint density at radius 2 is 0.773 bits per heavy atom. The lowest BCUT2D eigenvalue weighted by atomic mass is 10.1. The van der Waals surface area contributed by atoms with Crippen molar-refractivity contribution >= 4 is 120 Å². The lowest BCUT2D eigenvalue weighted by Gasteiger charge is -2.15. The van der Waals surface area contributed by atoms with Crippen LogP contribution in [0.25, 0.3) is 0 Å². The number of carboxylic acids is 1. The Labute approximate surface area is 424 Å². The number of esters is 6. The van der Waals surface area contributed by atoms with Crippen molar-refractivity contribution in [3.63, 3.8) is 0 Å².